The van der Waals surface area contributed by atoms with Crippen molar-refractivity contribution in [3.63, 3.8) is 0 Å². The van der Waals surface area contributed by atoms with Gasteiger partial charge in [-0.2, -0.15) is 0 Å². The highest BCUT2D eigenvalue weighted by Crippen LogP contribution is 2.09. The molecule has 26 heavy (non-hydrogen) atoms. The molecule has 0 unspecified atom stereocenters. The molecule has 1 aromatic rings. The Labute approximate surface area is 156 Å². The third kappa shape index (κ3) is 9.27. The fourth-order valence-corrected chi connectivity index (χ4v) is 2.23. The molecular weight excluding hydrogens is 332 g/mol. The average molecular weight is 364 g/mol. The molecule has 0 aromatic heterocycles. The van der Waals surface area contributed by atoms with E-state index in [4.69, 9.17) is 9.47 Å². The van der Waals surface area contributed by atoms with Crippen molar-refractivity contribution in [2.45, 2.75) is 45.9 Å². The largest absolute Gasteiger partial charge is 0.444 e. The maximum Gasteiger partial charge on any atom is 0.407 e. The lowest BCUT2D eigenvalue weighted by Gasteiger charge is -2.19. The molecule has 0 aliphatic heterocycles. The summed E-state index contributed by atoms with van der Waals surface area (Å²) in [5.74, 6) is 0.717. The molecule has 0 spiro atoms. The van der Waals surface area contributed by atoms with E-state index in [0.29, 0.717) is 26.2 Å². The highest BCUT2D eigenvalue weighted by Gasteiger charge is 2.15. The maximum absolute atomic E-state index is 11.6. The Balaban J connectivity index is 2.29. The van der Waals surface area contributed by atoms with E-state index in [0.717, 1.165) is 17.9 Å². The van der Waals surface area contributed by atoms with Crippen LogP contribution < -0.4 is 16.0 Å². The number of carbonyl (C=O) groups is 1. The van der Waals surface area contributed by atoms with Gasteiger partial charge in [0.05, 0.1) is 6.61 Å². The zero-order valence-electron chi connectivity index (χ0n) is 16.5. The summed E-state index contributed by atoms with van der Waals surface area (Å²) in [4.78, 5) is 15.8. The second kappa shape index (κ2) is 11.4. The fraction of sp³-hybridized carbons (Fsp3) is 0.579. The molecule has 1 aromatic carbocycles. The molecule has 0 saturated heterocycles. The minimum atomic E-state index is -0.479. The van der Waals surface area contributed by atoms with Crippen molar-refractivity contribution < 1.29 is 14.3 Å². The molecule has 0 bridgehead atoms. The van der Waals surface area contributed by atoms with Crippen LogP contribution in [0.5, 0.6) is 0 Å². The number of hydrogen-bond acceptors (Lipinski definition) is 4. The second-order valence-electron chi connectivity index (χ2n) is 6.84. The summed E-state index contributed by atoms with van der Waals surface area (Å²) >= 11 is 0. The lowest BCUT2D eigenvalue weighted by molar-refractivity contribution is 0.0527. The molecule has 7 nitrogen and oxygen atoms in total. The predicted octanol–water partition coefficient (Wildman–Crippen LogP) is 2.41. The number of rotatable bonds is 8. The minimum Gasteiger partial charge on any atom is -0.444 e. The van der Waals surface area contributed by atoms with E-state index >= 15 is 0 Å². The summed E-state index contributed by atoms with van der Waals surface area (Å²) in [6.07, 6.45) is 0.370. The van der Waals surface area contributed by atoms with Crippen LogP contribution >= 0.6 is 0 Å². The number of benzene rings is 1. The number of nitrogens with zero attached hydrogens (tertiary/aromatic N) is 1. The molecule has 0 fully saturated rings. The zero-order chi connectivity index (χ0) is 19.4. The number of carbonyl (C=O) groups excluding carboxylic acids is 1. The van der Waals surface area contributed by atoms with Crippen LogP contribution in [0.25, 0.3) is 0 Å². The summed E-state index contributed by atoms with van der Waals surface area (Å²) in [5.41, 5.74) is 1.84. The van der Waals surface area contributed by atoms with Gasteiger partial charge in [0.1, 0.15) is 5.60 Å². The number of guanidine groups is 1. The molecule has 1 rings (SSSR count). The number of alkyl carbamates (subject to hydrolysis) is 1. The van der Waals surface area contributed by atoms with Gasteiger partial charge in [0, 0.05) is 33.8 Å². The Morgan fingerprint density at radius 2 is 1.73 bits per heavy atom. The van der Waals surface area contributed by atoms with E-state index < -0.39 is 11.7 Å². The van der Waals surface area contributed by atoms with Crippen LogP contribution in [-0.4, -0.2) is 44.9 Å². The molecule has 1 amide bonds. The van der Waals surface area contributed by atoms with E-state index in [9.17, 15) is 4.79 Å². The number of methoxy groups -OCH3 is 1. The van der Waals surface area contributed by atoms with Gasteiger partial charge in [0.15, 0.2) is 5.96 Å². The molecule has 146 valence electrons. The summed E-state index contributed by atoms with van der Waals surface area (Å²) in [7, 11) is 3.42. The number of nitrogens with one attached hydrogen (secondary N) is 3. The highest BCUT2D eigenvalue weighted by molar-refractivity contribution is 5.79. The molecular formula is C19H32N4O3. The fourth-order valence-electron chi connectivity index (χ4n) is 2.23. The Bertz CT molecular complexity index is 582. The van der Waals surface area contributed by atoms with Gasteiger partial charge in [-0.25, -0.2) is 4.79 Å². The first-order valence-corrected chi connectivity index (χ1v) is 8.83. The van der Waals surface area contributed by atoms with Crippen LogP contribution in [0.1, 0.15) is 38.3 Å². The summed E-state index contributed by atoms with van der Waals surface area (Å²) in [6, 6.07) is 8.13. The molecule has 0 atom stereocenters. The standard InChI is InChI=1S/C19H32N4O3/c1-19(2,3)26-18(24)22-12-8-11-21-17(20-4)23-13-15-9-6-7-10-16(15)14-25-5/h6-7,9-10H,8,11-14H2,1-5H3,(H,22,24)(H2,20,21,23). The zero-order valence-corrected chi connectivity index (χ0v) is 16.5. The van der Waals surface area contributed by atoms with Crippen molar-refractivity contribution in [1.82, 2.24) is 16.0 Å². The first kappa shape index (κ1) is 21.8. The van der Waals surface area contributed by atoms with Crippen LogP contribution in [0.4, 0.5) is 4.79 Å². The van der Waals surface area contributed by atoms with E-state index in [1.165, 1.54) is 5.56 Å². The Hall–Kier alpha value is -2.28. The van der Waals surface area contributed by atoms with Crippen molar-refractivity contribution in [3.05, 3.63) is 35.4 Å². The van der Waals surface area contributed by atoms with Gasteiger partial charge in [0.2, 0.25) is 0 Å². The SMILES string of the molecule is CN=C(NCCCNC(=O)OC(C)(C)C)NCc1ccccc1COC. The van der Waals surface area contributed by atoms with Crippen molar-refractivity contribution in [2.24, 2.45) is 4.99 Å². The molecule has 0 heterocycles. The van der Waals surface area contributed by atoms with E-state index in [1.807, 2.05) is 32.9 Å². The third-order valence-corrected chi connectivity index (χ3v) is 3.40. The van der Waals surface area contributed by atoms with Gasteiger partial charge in [-0.3, -0.25) is 4.99 Å². The van der Waals surface area contributed by atoms with E-state index in [1.54, 1.807) is 14.2 Å². The first-order valence-electron chi connectivity index (χ1n) is 8.83. The van der Waals surface area contributed by atoms with Crippen molar-refractivity contribution >= 4 is 12.1 Å². The van der Waals surface area contributed by atoms with Crippen LogP contribution in [0.15, 0.2) is 29.3 Å². The van der Waals surface area contributed by atoms with Gasteiger partial charge < -0.3 is 25.4 Å². The minimum absolute atomic E-state index is 0.394. The third-order valence-electron chi connectivity index (χ3n) is 3.40. The molecule has 0 aliphatic carbocycles. The number of amides is 1. The van der Waals surface area contributed by atoms with Crippen LogP contribution in [0.2, 0.25) is 0 Å². The van der Waals surface area contributed by atoms with E-state index in [2.05, 4.69) is 33.1 Å². The molecule has 0 aliphatic rings. The monoisotopic (exact) mass is 364 g/mol. The van der Waals surface area contributed by atoms with E-state index in [-0.39, 0.29) is 0 Å². The lowest BCUT2D eigenvalue weighted by atomic mass is 10.1. The Kier molecular flexibility index (Phi) is 9.51. The number of aliphatic imine (C=N–C) groups is 1. The molecule has 3 N–H and O–H groups in total. The normalized spacial score (nSPS) is 11.8. The second-order valence-corrected chi connectivity index (χ2v) is 6.84. The summed E-state index contributed by atoms with van der Waals surface area (Å²) < 4.78 is 10.4. The average Bonchev–Trinajstić information content (AvgIpc) is 2.57. The van der Waals surface area contributed by atoms with Crippen LogP contribution in [-0.2, 0) is 22.6 Å². The van der Waals surface area contributed by atoms with Crippen LogP contribution in [0.3, 0.4) is 0 Å². The van der Waals surface area contributed by atoms with Crippen molar-refractivity contribution in [3.8, 4) is 0 Å². The summed E-state index contributed by atoms with van der Waals surface area (Å²) in [6.45, 7) is 8.00. The lowest BCUT2D eigenvalue weighted by Crippen LogP contribution is -2.39. The first-order chi connectivity index (χ1) is 12.4. The van der Waals surface area contributed by atoms with Crippen molar-refractivity contribution in [1.29, 1.82) is 0 Å². The quantitative estimate of drug-likeness (QED) is 0.375. The Morgan fingerprint density at radius 3 is 2.35 bits per heavy atom. The smallest absolute Gasteiger partial charge is 0.407 e. The Morgan fingerprint density at radius 1 is 1.08 bits per heavy atom. The summed E-state index contributed by atoms with van der Waals surface area (Å²) in [5, 5.41) is 9.25. The highest BCUT2D eigenvalue weighted by atomic mass is 16.6. The number of hydrogen-bond donors (Lipinski definition) is 3. The van der Waals surface area contributed by atoms with Gasteiger partial charge in [-0.05, 0) is 38.3 Å². The molecule has 0 radical (unpaired) electrons. The topological polar surface area (TPSA) is 84.0 Å². The van der Waals surface area contributed by atoms with Gasteiger partial charge in [0.25, 0.3) is 0 Å². The number of ether oxygens (including phenoxy) is 2. The van der Waals surface area contributed by atoms with Gasteiger partial charge >= 0.3 is 6.09 Å². The maximum atomic E-state index is 11.6. The van der Waals surface area contributed by atoms with Gasteiger partial charge in [-0.15, -0.1) is 0 Å². The van der Waals surface area contributed by atoms with Crippen molar-refractivity contribution in [2.75, 3.05) is 27.2 Å². The van der Waals surface area contributed by atoms with Crippen LogP contribution in [0, 0.1) is 0 Å². The predicted molar refractivity (Wildman–Crippen MR) is 104 cm³/mol. The molecule has 0 saturated carbocycles. The molecule has 7 heteroatoms. The van der Waals surface area contributed by atoms with Gasteiger partial charge in [-0.1, -0.05) is 24.3 Å².